The normalized spacial score (nSPS) is 16.8. The topological polar surface area (TPSA) is 93.6 Å². The lowest BCUT2D eigenvalue weighted by Gasteiger charge is -2.21. The van der Waals surface area contributed by atoms with Gasteiger partial charge in [0.25, 0.3) is 0 Å². The van der Waals surface area contributed by atoms with Crippen LogP contribution in [-0.2, 0) is 10.2 Å². The van der Waals surface area contributed by atoms with Crippen LogP contribution in [0.25, 0.3) is 0 Å². The highest BCUT2D eigenvalue weighted by Gasteiger charge is 2.43. The number of hydrogen-bond donors (Lipinski definition) is 2. The molecule has 4 N–H and O–H groups in total. The number of amides is 2. The first-order chi connectivity index (χ1) is 15.1. The summed E-state index contributed by atoms with van der Waals surface area (Å²) >= 11 is 0. The first kappa shape index (κ1) is 26.1. The summed E-state index contributed by atoms with van der Waals surface area (Å²) in [6, 6.07) is 5.30. The molecule has 0 radical (unpaired) electrons. The van der Waals surface area contributed by atoms with E-state index < -0.39 is 0 Å². The SMILES string of the molecule is CNC(=O)N(CCC=O)CCCCCC1(c2ccc(F)c(OCC3CCCC3)c2)CC1.N. The summed E-state index contributed by atoms with van der Waals surface area (Å²) in [6.07, 6.45) is 12.5. The third kappa shape index (κ3) is 7.19. The molecule has 1 aromatic carbocycles. The molecule has 2 saturated carbocycles. The fourth-order valence-electron chi connectivity index (χ4n) is 4.79. The number of carbonyl (C=O) groups excluding carboxylic acids is 2. The van der Waals surface area contributed by atoms with Gasteiger partial charge in [0.05, 0.1) is 6.61 Å². The predicted molar refractivity (Wildman–Crippen MR) is 125 cm³/mol. The fourth-order valence-corrected chi connectivity index (χ4v) is 4.79. The molecule has 2 fully saturated rings. The maximum atomic E-state index is 14.3. The molecule has 32 heavy (non-hydrogen) atoms. The number of aldehydes is 1. The zero-order chi connectivity index (χ0) is 22.1. The first-order valence-corrected chi connectivity index (χ1v) is 11.9. The van der Waals surface area contributed by atoms with Crippen molar-refractivity contribution in [1.29, 1.82) is 0 Å². The van der Waals surface area contributed by atoms with Crippen molar-refractivity contribution in [2.75, 3.05) is 26.7 Å². The van der Waals surface area contributed by atoms with E-state index in [4.69, 9.17) is 4.74 Å². The summed E-state index contributed by atoms with van der Waals surface area (Å²) in [6.45, 7) is 1.75. The third-order valence-electron chi connectivity index (χ3n) is 6.95. The lowest BCUT2D eigenvalue weighted by Crippen LogP contribution is -2.39. The zero-order valence-electron chi connectivity index (χ0n) is 19.5. The fraction of sp³-hybridized carbons (Fsp3) is 0.680. The van der Waals surface area contributed by atoms with Crippen molar-refractivity contribution >= 4 is 12.3 Å². The Kier molecular flexibility index (Phi) is 10.4. The lowest BCUT2D eigenvalue weighted by atomic mass is 9.90. The van der Waals surface area contributed by atoms with Gasteiger partial charge in [0.2, 0.25) is 0 Å². The number of ether oxygens (including phenoxy) is 1. The maximum Gasteiger partial charge on any atom is 0.317 e. The molecular weight excluding hydrogens is 409 g/mol. The van der Waals surface area contributed by atoms with E-state index in [-0.39, 0.29) is 23.4 Å². The standard InChI is InChI=1S/C25H37FN2O3.H3N/c1-27-24(30)28(16-7-17-29)15-6-2-5-12-25(13-14-25)21-10-11-22(26)23(18-21)31-19-20-8-3-4-9-20;/h10-11,17-18,20H,2-9,12-16,19H2,1H3,(H,27,30);1H3. The smallest absolute Gasteiger partial charge is 0.317 e. The van der Waals surface area contributed by atoms with E-state index in [1.54, 1.807) is 18.0 Å². The van der Waals surface area contributed by atoms with Crippen LogP contribution in [0.5, 0.6) is 5.75 Å². The third-order valence-corrected chi connectivity index (χ3v) is 6.95. The second-order valence-electron chi connectivity index (χ2n) is 9.20. The van der Waals surface area contributed by atoms with Gasteiger partial charge in [0, 0.05) is 26.6 Å². The van der Waals surface area contributed by atoms with Crippen LogP contribution in [0.1, 0.15) is 76.2 Å². The molecule has 0 atom stereocenters. The van der Waals surface area contributed by atoms with Crippen molar-refractivity contribution in [2.24, 2.45) is 5.92 Å². The van der Waals surface area contributed by atoms with Gasteiger partial charge in [-0.2, -0.15) is 0 Å². The van der Waals surface area contributed by atoms with Crippen molar-refractivity contribution < 1.29 is 18.7 Å². The van der Waals surface area contributed by atoms with Gasteiger partial charge in [-0.3, -0.25) is 0 Å². The number of carbonyl (C=O) groups is 2. The van der Waals surface area contributed by atoms with Gasteiger partial charge in [-0.1, -0.05) is 31.7 Å². The number of benzene rings is 1. The Hall–Kier alpha value is -2.15. The van der Waals surface area contributed by atoms with E-state index in [9.17, 15) is 14.0 Å². The zero-order valence-corrected chi connectivity index (χ0v) is 19.5. The van der Waals surface area contributed by atoms with Crippen molar-refractivity contribution in [3.63, 3.8) is 0 Å². The van der Waals surface area contributed by atoms with E-state index in [1.165, 1.54) is 31.2 Å². The predicted octanol–water partition coefficient (Wildman–Crippen LogP) is 5.38. The summed E-state index contributed by atoms with van der Waals surface area (Å²) in [5.74, 6) is 0.716. The van der Waals surface area contributed by atoms with Gasteiger partial charge in [-0.15, -0.1) is 0 Å². The molecule has 2 aliphatic carbocycles. The average molecular weight is 450 g/mol. The molecule has 180 valence electrons. The molecule has 6 nitrogen and oxygen atoms in total. The molecule has 0 aromatic heterocycles. The van der Waals surface area contributed by atoms with E-state index >= 15 is 0 Å². The number of hydrogen-bond acceptors (Lipinski definition) is 4. The van der Waals surface area contributed by atoms with Crippen LogP contribution in [-0.4, -0.2) is 44.0 Å². The maximum absolute atomic E-state index is 14.3. The molecular formula is C25H40FN3O3. The Morgan fingerprint density at radius 3 is 2.62 bits per heavy atom. The van der Waals surface area contributed by atoms with Crippen molar-refractivity contribution in [1.82, 2.24) is 16.4 Å². The van der Waals surface area contributed by atoms with Gasteiger partial charge in [0.15, 0.2) is 11.6 Å². The molecule has 3 rings (SSSR count). The highest BCUT2D eigenvalue weighted by Crippen LogP contribution is 2.52. The van der Waals surface area contributed by atoms with Crippen molar-refractivity contribution in [2.45, 2.75) is 76.0 Å². The number of urea groups is 1. The monoisotopic (exact) mass is 449 g/mol. The molecule has 0 aliphatic heterocycles. The molecule has 0 saturated heterocycles. The van der Waals surface area contributed by atoms with E-state index in [0.717, 1.165) is 44.8 Å². The number of rotatable bonds is 13. The Balaban J connectivity index is 0.00000363. The van der Waals surface area contributed by atoms with Crippen LogP contribution in [0.15, 0.2) is 18.2 Å². The molecule has 0 bridgehead atoms. The highest BCUT2D eigenvalue weighted by atomic mass is 19.1. The molecule has 2 amide bonds. The van der Waals surface area contributed by atoms with Gasteiger partial charge >= 0.3 is 6.03 Å². The summed E-state index contributed by atoms with van der Waals surface area (Å²) in [5.41, 5.74) is 1.37. The van der Waals surface area contributed by atoms with Gasteiger partial charge in [0.1, 0.15) is 6.29 Å². The highest BCUT2D eigenvalue weighted by molar-refractivity contribution is 5.74. The molecule has 0 spiro atoms. The number of nitrogens with zero attached hydrogens (tertiary/aromatic N) is 1. The summed E-state index contributed by atoms with van der Waals surface area (Å²) in [7, 11) is 1.61. The molecule has 2 aliphatic rings. The Morgan fingerprint density at radius 2 is 1.97 bits per heavy atom. The van der Waals surface area contributed by atoms with Crippen molar-refractivity contribution in [3.05, 3.63) is 29.6 Å². The molecule has 0 heterocycles. The number of unbranched alkanes of at least 4 members (excludes halogenated alkanes) is 2. The van der Waals surface area contributed by atoms with Crippen LogP contribution in [0.2, 0.25) is 0 Å². The van der Waals surface area contributed by atoms with Gasteiger partial charge in [-0.05, 0) is 67.6 Å². The Bertz CT molecular complexity index is 733. The van der Waals surface area contributed by atoms with Crippen molar-refractivity contribution in [3.8, 4) is 5.75 Å². The van der Waals surface area contributed by atoms with E-state index in [2.05, 4.69) is 5.32 Å². The lowest BCUT2D eigenvalue weighted by molar-refractivity contribution is -0.108. The molecule has 0 unspecified atom stereocenters. The summed E-state index contributed by atoms with van der Waals surface area (Å²) < 4.78 is 20.2. The quantitative estimate of drug-likeness (QED) is 0.312. The van der Waals surface area contributed by atoms with E-state index in [1.807, 2.05) is 12.1 Å². The second kappa shape index (κ2) is 12.8. The van der Waals surface area contributed by atoms with Crippen LogP contribution >= 0.6 is 0 Å². The summed E-state index contributed by atoms with van der Waals surface area (Å²) in [5, 5.41) is 2.64. The first-order valence-electron chi connectivity index (χ1n) is 11.9. The minimum Gasteiger partial charge on any atom is -0.490 e. The van der Waals surface area contributed by atoms with Crippen LogP contribution in [0, 0.1) is 11.7 Å². The van der Waals surface area contributed by atoms with Gasteiger partial charge in [-0.25, -0.2) is 9.18 Å². The molecule has 7 heteroatoms. The minimum absolute atomic E-state index is 0. The van der Waals surface area contributed by atoms with Crippen LogP contribution in [0.3, 0.4) is 0 Å². The second-order valence-corrected chi connectivity index (χ2v) is 9.20. The van der Waals surface area contributed by atoms with Crippen LogP contribution in [0.4, 0.5) is 9.18 Å². The number of nitrogens with one attached hydrogen (secondary N) is 1. The average Bonchev–Trinajstić information content (AvgIpc) is 3.38. The number of halogens is 1. The molecule has 1 aromatic rings. The largest absolute Gasteiger partial charge is 0.490 e. The summed E-state index contributed by atoms with van der Waals surface area (Å²) in [4.78, 5) is 24.2. The van der Waals surface area contributed by atoms with E-state index in [0.29, 0.717) is 37.8 Å². The Labute approximate surface area is 191 Å². The Morgan fingerprint density at radius 1 is 1.22 bits per heavy atom. The minimum atomic E-state index is -0.262. The van der Waals surface area contributed by atoms with Crippen LogP contribution < -0.4 is 16.2 Å². The van der Waals surface area contributed by atoms with Gasteiger partial charge < -0.3 is 25.9 Å².